The standard InChI is InChI=1S/C15H22N4O3/c1-10(14(20)19-9-11-5-3-2-4-6-11)22-15(21)12-13(16)18-8-7-17-12/h7-8,10-11H,2-6,9H2,1H3,(H2,16,18)(H,19,20). The van der Waals surface area contributed by atoms with Crippen molar-refractivity contribution in [3.05, 3.63) is 18.1 Å². The molecule has 3 N–H and O–H groups in total. The van der Waals surface area contributed by atoms with E-state index in [-0.39, 0.29) is 17.4 Å². The third kappa shape index (κ3) is 4.41. The molecule has 1 atom stereocenters. The van der Waals surface area contributed by atoms with Gasteiger partial charge in [-0.15, -0.1) is 0 Å². The second kappa shape index (κ2) is 7.72. The van der Waals surface area contributed by atoms with Crippen molar-refractivity contribution in [3.63, 3.8) is 0 Å². The van der Waals surface area contributed by atoms with Crippen LogP contribution in [0, 0.1) is 5.92 Å². The molecule has 0 aromatic carbocycles. The molecule has 7 heteroatoms. The van der Waals surface area contributed by atoms with Crippen LogP contribution in [-0.4, -0.2) is 34.5 Å². The van der Waals surface area contributed by atoms with Gasteiger partial charge < -0.3 is 15.8 Å². The first-order valence-corrected chi connectivity index (χ1v) is 7.63. The zero-order chi connectivity index (χ0) is 15.9. The molecule has 1 aromatic rings. The average Bonchev–Trinajstić information content (AvgIpc) is 2.53. The Hall–Kier alpha value is -2.18. The highest BCUT2D eigenvalue weighted by molar-refractivity contribution is 5.93. The fourth-order valence-electron chi connectivity index (χ4n) is 2.56. The van der Waals surface area contributed by atoms with Crippen LogP contribution in [0.1, 0.15) is 49.5 Å². The van der Waals surface area contributed by atoms with Crippen molar-refractivity contribution < 1.29 is 14.3 Å². The summed E-state index contributed by atoms with van der Waals surface area (Å²) < 4.78 is 5.09. The molecule has 1 saturated carbocycles. The van der Waals surface area contributed by atoms with Gasteiger partial charge in [-0.2, -0.15) is 0 Å². The third-order valence-electron chi connectivity index (χ3n) is 3.86. The highest BCUT2D eigenvalue weighted by Crippen LogP contribution is 2.22. The summed E-state index contributed by atoms with van der Waals surface area (Å²) in [4.78, 5) is 31.5. The fourth-order valence-corrected chi connectivity index (χ4v) is 2.56. The van der Waals surface area contributed by atoms with E-state index in [1.54, 1.807) is 0 Å². The van der Waals surface area contributed by atoms with E-state index in [2.05, 4.69) is 15.3 Å². The quantitative estimate of drug-likeness (QED) is 0.794. The van der Waals surface area contributed by atoms with E-state index in [9.17, 15) is 9.59 Å². The van der Waals surface area contributed by atoms with Crippen LogP contribution in [0.5, 0.6) is 0 Å². The summed E-state index contributed by atoms with van der Waals surface area (Å²) in [6.45, 7) is 2.16. The number of nitrogens with zero attached hydrogens (tertiary/aromatic N) is 2. The number of carbonyl (C=O) groups is 2. The topological polar surface area (TPSA) is 107 Å². The number of amides is 1. The predicted molar refractivity (Wildman–Crippen MR) is 80.9 cm³/mol. The van der Waals surface area contributed by atoms with Crippen LogP contribution in [0.2, 0.25) is 0 Å². The maximum absolute atomic E-state index is 12.0. The van der Waals surface area contributed by atoms with E-state index in [0.717, 1.165) is 12.8 Å². The second-order valence-corrected chi connectivity index (χ2v) is 5.59. The van der Waals surface area contributed by atoms with E-state index >= 15 is 0 Å². The van der Waals surface area contributed by atoms with Gasteiger partial charge in [0.15, 0.2) is 17.6 Å². The van der Waals surface area contributed by atoms with Gasteiger partial charge in [0, 0.05) is 18.9 Å². The van der Waals surface area contributed by atoms with Crippen molar-refractivity contribution in [2.24, 2.45) is 5.92 Å². The van der Waals surface area contributed by atoms with Gasteiger partial charge >= 0.3 is 5.97 Å². The lowest BCUT2D eigenvalue weighted by molar-refractivity contribution is -0.129. The SMILES string of the molecule is CC(OC(=O)c1nccnc1N)C(=O)NCC1CCCCC1. The van der Waals surface area contributed by atoms with Crippen molar-refractivity contribution in [3.8, 4) is 0 Å². The lowest BCUT2D eigenvalue weighted by Crippen LogP contribution is -2.39. The molecule has 1 amide bonds. The first-order chi connectivity index (χ1) is 10.6. The van der Waals surface area contributed by atoms with Crippen LogP contribution in [0.25, 0.3) is 0 Å². The average molecular weight is 306 g/mol. The molecule has 0 aliphatic heterocycles. The van der Waals surface area contributed by atoms with Crippen molar-refractivity contribution in [1.29, 1.82) is 0 Å². The van der Waals surface area contributed by atoms with Gasteiger partial charge in [0.1, 0.15) is 0 Å². The van der Waals surface area contributed by atoms with Crippen molar-refractivity contribution in [1.82, 2.24) is 15.3 Å². The number of nitrogen functional groups attached to an aromatic ring is 1. The first kappa shape index (κ1) is 16.2. The summed E-state index contributed by atoms with van der Waals surface area (Å²) in [5.41, 5.74) is 5.48. The number of nitrogens with one attached hydrogen (secondary N) is 1. The summed E-state index contributed by atoms with van der Waals surface area (Å²) in [6, 6.07) is 0. The molecule has 22 heavy (non-hydrogen) atoms. The molecule has 1 aromatic heterocycles. The molecular weight excluding hydrogens is 284 g/mol. The van der Waals surface area contributed by atoms with Gasteiger partial charge in [0.05, 0.1) is 0 Å². The van der Waals surface area contributed by atoms with Gasteiger partial charge in [-0.1, -0.05) is 19.3 Å². The maximum atomic E-state index is 12.0. The summed E-state index contributed by atoms with van der Waals surface area (Å²) in [7, 11) is 0. The number of hydrogen-bond acceptors (Lipinski definition) is 6. The summed E-state index contributed by atoms with van der Waals surface area (Å²) >= 11 is 0. The molecule has 0 radical (unpaired) electrons. The number of esters is 1. The number of ether oxygens (including phenoxy) is 1. The third-order valence-corrected chi connectivity index (χ3v) is 3.86. The van der Waals surface area contributed by atoms with Gasteiger partial charge in [0.2, 0.25) is 0 Å². The zero-order valence-electron chi connectivity index (χ0n) is 12.7. The number of carbonyl (C=O) groups excluding carboxylic acids is 2. The Kier molecular flexibility index (Phi) is 5.68. The number of nitrogens with two attached hydrogens (primary N) is 1. The molecule has 1 unspecified atom stereocenters. The monoisotopic (exact) mass is 306 g/mol. The lowest BCUT2D eigenvalue weighted by Gasteiger charge is -2.22. The van der Waals surface area contributed by atoms with Gasteiger partial charge in [-0.3, -0.25) is 4.79 Å². The van der Waals surface area contributed by atoms with E-state index in [1.165, 1.54) is 38.6 Å². The lowest BCUT2D eigenvalue weighted by atomic mass is 9.89. The molecule has 1 heterocycles. The predicted octanol–water partition coefficient (Wildman–Crippen LogP) is 1.30. The molecule has 0 spiro atoms. The van der Waals surface area contributed by atoms with Crippen LogP contribution in [0.15, 0.2) is 12.4 Å². The largest absolute Gasteiger partial charge is 0.448 e. The Labute approximate surface area is 129 Å². The zero-order valence-corrected chi connectivity index (χ0v) is 12.7. The Bertz CT molecular complexity index is 529. The smallest absolute Gasteiger partial charge is 0.361 e. The summed E-state index contributed by atoms with van der Waals surface area (Å²) in [6.07, 6.45) is 7.84. The van der Waals surface area contributed by atoms with Crippen molar-refractivity contribution >= 4 is 17.7 Å². The van der Waals surface area contributed by atoms with Gasteiger partial charge in [0.25, 0.3) is 5.91 Å². The van der Waals surface area contributed by atoms with E-state index in [4.69, 9.17) is 10.5 Å². The minimum atomic E-state index is -0.891. The van der Waals surface area contributed by atoms with Crippen molar-refractivity contribution in [2.45, 2.75) is 45.1 Å². The summed E-state index contributed by atoms with van der Waals surface area (Å²) in [5, 5.41) is 2.84. The number of rotatable bonds is 5. The first-order valence-electron chi connectivity index (χ1n) is 7.63. The molecule has 7 nitrogen and oxygen atoms in total. The van der Waals surface area contributed by atoms with Crippen LogP contribution < -0.4 is 11.1 Å². The number of aromatic nitrogens is 2. The van der Waals surface area contributed by atoms with Crippen molar-refractivity contribution in [2.75, 3.05) is 12.3 Å². The molecule has 1 aliphatic rings. The van der Waals surface area contributed by atoms with E-state index in [1.807, 2.05) is 0 Å². The molecule has 2 rings (SSSR count). The Morgan fingerprint density at radius 2 is 2.00 bits per heavy atom. The molecular formula is C15H22N4O3. The minimum absolute atomic E-state index is 0.0117. The number of anilines is 1. The highest BCUT2D eigenvalue weighted by atomic mass is 16.5. The van der Waals surface area contributed by atoms with Gasteiger partial charge in [-0.25, -0.2) is 14.8 Å². The van der Waals surface area contributed by atoms with Gasteiger partial charge in [-0.05, 0) is 25.7 Å². The highest BCUT2D eigenvalue weighted by Gasteiger charge is 2.22. The van der Waals surface area contributed by atoms with E-state index in [0.29, 0.717) is 12.5 Å². The van der Waals surface area contributed by atoms with E-state index < -0.39 is 12.1 Å². The van der Waals surface area contributed by atoms with Crippen LogP contribution in [-0.2, 0) is 9.53 Å². The second-order valence-electron chi connectivity index (χ2n) is 5.59. The number of hydrogen-bond donors (Lipinski definition) is 2. The summed E-state index contributed by atoms with van der Waals surface area (Å²) in [5.74, 6) is -0.536. The normalized spacial score (nSPS) is 16.8. The van der Waals surface area contributed by atoms with Crippen LogP contribution in [0.3, 0.4) is 0 Å². The Morgan fingerprint density at radius 1 is 1.32 bits per heavy atom. The Balaban J connectivity index is 1.80. The Morgan fingerprint density at radius 3 is 2.68 bits per heavy atom. The molecule has 1 fully saturated rings. The molecule has 120 valence electrons. The fraction of sp³-hybridized carbons (Fsp3) is 0.600. The van der Waals surface area contributed by atoms with Crippen LogP contribution >= 0.6 is 0 Å². The van der Waals surface area contributed by atoms with Crippen LogP contribution in [0.4, 0.5) is 5.82 Å². The molecule has 1 aliphatic carbocycles. The maximum Gasteiger partial charge on any atom is 0.361 e. The minimum Gasteiger partial charge on any atom is -0.448 e. The molecule has 0 bridgehead atoms. The molecule has 0 saturated heterocycles.